The number of hydrogen-bond donors (Lipinski definition) is 1. The normalized spacial score (nSPS) is 10.7. The van der Waals surface area contributed by atoms with Gasteiger partial charge in [-0.1, -0.05) is 18.2 Å². The first kappa shape index (κ1) is 13.4. The quantitative estimate of drug-likeness (QED) is 0.703. The minimum atomic E-state index is 0.560. The molecule has 0 aliphatic heterocycles. The summed E-state index contributed by atoms with van der Waals surface area (Å²) >= 11 is 0. The van der Waals surface area contributed by atoms with Crippen LogP contribution in [0.5, 0.6) is 5.75 Å². The molecule has 108 valence electrons. The van der Waals surface area contributed by atoms with Crippen molar-refractivity contribution in [3.8, 4) is 5.75 Å². The van der Waals surface area contributed by atoms with Crippen LogP contribution in [0.1, 0.15) is 6.92 Å². The van der Waals surface area contributed by atoms with E-state index in [-0.39, 0.29) is 0 Å². The summed E-state index contributed by atoms with van der Waals surface area (Å²) in [6, 6.07) is 9.74. The molecule has 3 aromatic rings. The Balaban J connectivity index is 1.62. The second-order valence-electron chi connectivity index (χ2n) is 4.51. The van der Waals surface area contributed by atoms with Gasteiger partial charge in [-0.15, -0.1) is 0 Å². The lowest BCUT2D eigenvalue weighted by atomic mass is 10.3. The number of aromatic nitrogens is 4. The van der Waals surface area contributed by atoms with E-state index < -0.39 is 0 Å². The predicted octanol–water partition coefficient (Wildman–Crippen LogP) is 2.34. The maximum atomic E-state index is 5.63. The molecule has 0 unspecified atom stereocenters. The van der Waals surface area contributed by atoms with Gasteiger partial charge in [-0.3, -0.25) is 0 Å². The van der Waals surface area contributed by atoms with Crippen LogP contribution in [0.25, 0.3) is 11.2 Å². The Hall–Kier alpha value is -2.63. The summed E-state index contributed by atoms with van der Waals surface area (Å²) in [7, 11) is 0. The SMILES string of the molecule is CCn1cnc2c(NCCOc3ccccc3)ncnc21. The van der Waals surface area contributed by atoms with Crippen molar-refractivity contribution in [1.82, 2.24) is 19.5 Å². The van der Waals surface area contributed by atoms with Gasteiger partial charge in [0.15, 0.2) is 11.5 Å². The average Bonchev–Trinajstić information content (AvgIpc) is 2.96. The molecule has 21 heavy (non-hydrogen) atoms. The number of imidazole rings is 1. The third-order valence-corrected chi connectivity index (χ3v) is 3.15. The summed E-state index contributed by atoms with van der Waals surface area (Å²) in [5.41, 5.74) is 1.64. The van der Waals surface area contributed by atoms with Gasteiger partial charge in [0.1, 0.15) is 24.2 Å². The lowest BCUT2D eigenvalue weighted by Crippen LogP contribution is -2.12. The van der Waals surface area contributed by atoms with Crippen molar-refractivity contribution in [2.24, 2.45) is 0 Å². The maximum absolute atomic E-state index is 5.63. The van der Waals surface area contributed by atoms with E-state index in [1.807, 2.05) is 34.9 Å². The Labute approximate surface area is 122 Å². The van der Waals surface area contributed by atoms with E-state index in [1.165, 1.54) is 0 Å². The topological polar surface area (TPSA) is 64.9 Å². The van der Waals surface area contributed by atoms with Gasteiger partial charge in [0.2, 0.25) is 0 Å². The summed E-state index contributed by atoms with van der Waals surface area (Å²) in [6.07, 6.45) is 3.33. The predicted molar refractivity (Wildman–Crippen MR) is 81.4 cm³/mol. The van der Waals surface area contributed by atoms with E-state index in [2.05, 4.69) is 27.2 Å². The van der Waals surface area contributed by atoms with E-state index in [1.54, 1.807) is 12.7 Å². The van der Waals surface area contributed by atoms with Crippen molar-refractivity contribution < 1.29 is 4.74 Å². The molecule has 0 fully saturated rings. The minimum Gasteiger partial charge on any atom is -0.492 e. The zero-order valence-electron chi connectivity index (χ0n) is 11.9. The van der Waals surface area contributed by atoms with Gasteiger partial charge in [0.25, 0.3) is 0 Å². The van der Waals surface area contributed by atoms with Crippen LogP contribution < -0.4 is 10.1 Å². The molecule has 0 saturated carbocycles. The second-order valence-corrected chi connectivity index (χ2v) is 4.51. The van der Waals surface area contributed by atoms with E-state index >= 15 is 0 Å². The van der Waals surface area contributed by atoms with E-state index in [0.717, 1.165) is 29.3 Å². The van der Waals surface area contributed by atoms with Crippen LogP contribution in [0.3, 0.4) is 0 Å². The largest absolute Gasteiger partial charge is 0.492 e. The number of benzene rings is 1. The Morgan fingerprint density at radius 1 is 1.14 bits per heavy atom. The van der Waals surface area contributed by atoms with Crippen molar-refractivity contribution in [2.45, 2.75) is 13.5 Å². The zero-order chi connectivity index (χ0) is 14.5. The first-order valence-corrected chi connectivity index (χ1v) is 6.96. The van der Waals surface area contributed by atoms with Crippen LogP contribution in [0.2, 0.25) is 0 Å². The number of para-hydroxylation sites is 1. The lowest BCUT2D eigenvalue weighted by Gasteiger charge is -2.08. The van der Waals surface area contributed by atoms with Crippen LogP contribution in [0.4, 0.5) is 5.82 Å². The van der Waals surface area contributed by atoms with E-state index in [4.69, 9.17) is 4.74 Å². The van der Waals surface area contributed by atoms with Crippen molar-refractivity contribution >= 4 is 17.0 Å². The van der Waals surface area contributed by atoms with Crippen LogP contribution in [-0.2, 0) is 6.54 Å². The van der Waals surface area contributed by atoms with Crippen LogP contribution in [-0.4, -0.2) is 32.7 Å². The van der Waals surface area contributed by atoms with Crippen molar-refractivity contribution in [1.29, 1.82) is 0 Å². The number of ether oxygens (including phenoxy) is 1. The van der Waals surface area contributed by atoms with E-state index in [9.17, 15) is 0 Å². The number of fused-ring (bicyclic) bond motifs is 1. The minimum absolute atomic E-state index is 0.560. The lowest BCUT2D eigenvalue weighted by molar-refractivity contribution is 0.333. The molecule has 2 aromatic heterocycles. The average molecular weight is 283 g/mol. The molecule has 1 aromatic carbocycles. The summed E-state index contributed by atoms with van der Waals surface area (Å²) in [6.45, 7) is 4.11. The molecule has 1 N–H and O–H groups in total. The Morgan fingerprint density at radius 2 is 2.00 bits per heavy atom. The molecule has 0 saturated heterocycles. The molecule has 0 bridgehead atoms. The van der Waals surface area contributed by atoms with Crippen molar-refractivity contribution in [3.05, 3.63) is 43.0 Å². The molecule has 0 radical (unpaired) electrons. The molecule has 3 rings (SSSR count). The number of nitrogens with one attached hydrogen (secondary N) is 1. The second kappa shape index (κ2) is 6.21. The Morgan fingerprint density at radius 3 is 2.81 bits per heavy atom. The standard InChI is InChI=1S/C15H17N5O/c1-2-20-11-19-13-14(17-10-18-15(13)20)16-8-9-21-12-6-4-3-5-7-12/h3-7,10-11H,2,8-9H2,1H3,(H,16,17,18). The van der Waals surface area contributed by atoms with Gasteiger partial charge < -0.3 is 14.6 Å². The number of rotatable bonds is 6. The third kappa shape index (κ3) is 2.94. The molecule has 0 spiro atoms. The van der Waals surface area contributed by atoms with Crippen molar-refractivity contribution in [3.63, 3.8) is 0 Å². The molecular weight excluding hydrogens is 266 g/mol. The molecule has 0 aliphatic carbocycles. The monoisotopic (exact) mass is 283 g/mol. The molecule has 0 aliphatic rings. The molecule has 2 heterocycles. The maximum Gasteiger partial charge on any atom is 0.165 e. The first-order valence-electron chi connectivity index (χ1n) is 6.96. The fourth-order valence-electron chi connectivity index (χ4n) is 2.10. The van der Waals surface area contributed by atoms with Crippen molar-refractivity contribution in [2.75, 3.05) is 18.5 Å². The molecule has 6 nitrogen and oxygen atoms in total. The van der Waals surface area contributed by atoms with Gasteiger partial charge in [-0.05, 0) is 19.1 Å². The summed E-state index contributed by atoms with van der Waals surface area (Å²) in [4.78, 5) is 12.9. The summed E-state index contributed by atoms with van der Waals surface area (Å²) in [5.74, 6) is 1.60. The number of hydrogen-bond acceptors (Lipinski definition) is 5. The van der Waals surface area contributed by atoms with E-state index in [0.29, 0.717) is 13.2 Å². The highest BCUT2D eigenvalue weighted by Crippen LogP contribution is 2.16. The summed E-state index contributed by atoms with van der Waals surface area (Å²) < 4.78 is 7.62. The molecule has 6 heteroatoms. The van der Waals surface area contributed by atoms with Gasteiger partial charge in [-0.25, -0.2) is 15.0 Å². The number of aryl methyl sites for hydroxylation is 1. The molecular formula is C15H17N5O. The van der Waals surface area contributed by atoms with Gasteiger partial charge in [0, 0.05) is 6.54 Å². The van der Waals surface area contributed by atoms with Gasteiger partial charge in [0.05, 0.1) is 12.9 Å². The molecule has 0 amide bonds. The van der Waals surface area contributed by atoms with Gasteiger partial charge >= 0.3 is 0 Å². The number of nitrogens with zero attached hydrogens (tertiary/aromatic N) is 4. The number of anilines is 1. The highest BCUT2D eigenvalue weighted by molar-refractivity contribution is 5.82. The first-order chi connectivity index (χ1) is 10.4. The smallest absolute Gasteiger partial charge is 0.165 e. The fraction of sp³-hybridized carbons (Fsp3) is 0.267. The van der Waals surface area contributed by atoms with Crippen LogP contribution >= 0.6 is 0 Å². The third-order valence-electron chi connectivity index (χ3n) is 3.15. The fourth-order valence-corrected chi connectivity index (χ4v) is 2.10. The van der Waals surface area contributed by atoms with Gasteiger partial charge in [-0.2, -0.15) is 0 Å². The zero-order valence-corrected chi connectivity index (χ0v) is 11.9. The summed E-state index contributed by atoms with van der Waals surface area (Å²) in [5, 5.41) is 3.24. The molecule has 0 atom stereocenters. The Bertz CT molecular complexity index is 710. The Kier molecular flexibility index (Phi) is 3.95. The van der Waals surface area contributed by atoms with Crippen LogP contribution in [0, 0.1) is 0 Å². The highest BCUT2D eigenvalue weighted by atomic mass is 16.5. The van der Waals surface area contributed by atoms with Crippen LogP contribution in [0.15, 0.2) is 43.0 Å². The highest BCUT2D eigenvalue weighted by Gasteiger charge is 2.08.